The summed E-state index contributed by atoms with van der Waals surface area (Å²) in [6, 6.07) is 19.9. The maximum Gasteiger partial charge on any atom is 0.223 e. The molecule has 0 atom stereocenters. The van der Waals surface area contributed by atoms with Crippen LogP contribution in [0.4, 0.5) is 0 Å². The van der Waals surface area contributed by atoms with Gasteiger partial charge in [-0.2, -0.15) is 0 Å². The highest BCUT2D eigenvalue weighted by Gasteiger charge is 2.24. The van der Waals surface area contributed by atoms with Crippen molar-refractivity contribution in [3.05, 3.63) is 76.3 Å². The van der Waals surface area contributed by atoms with Crippen LogP contribution in [0.2, 0.25) is 10.0 Å². The van der Waals surface area contributed by atoms with E-state index in [1.807, 2.05) is 42.5 Å². The van der Waals surface area contributed by atoms with E-state index in [0.29, 0.717) is 23.2 Å². The Hall–Kier alpha value is -2.27. The number of ether oxygens (including phenoxy) is 1. The van der Waals surface area contributed by atoms with E-state index in [-0.39, 0.29) is 11.8 Å². The molecule has 0 aromatic heterocycles. The zero-order valence-corrected chi connectivity index (χ0v) is 18.8. The summed E-state index contributed by atoms with van der Waals surface area (Å²) in [4.78, 5) is 14.9. The quantitative estimate of drug-likeness (QED) is 0.473. The predicted octanol–water partition coefficient (Wildman–Crippen LogP) is 5.55. The molecule has 1 aliphatic heterocycles. The second kappa shape index (κ2) is 10.4. The number of benzene rings is 3. The van der Waals surface area contributed by atoms with Gasteiger partial charge in [-0.25, -0.2) is 0 Å². The van der Waals surface area contributed by atoms with Gasteiger partial charge >= 0.3 is 0 Å². The van der Waals surface area contributed by atoms with Crippen LogP contribution >= 0.6 is 23.2 Å². The normalized spacial score (nSPS) is 15.2. The lowest BCUT2D eigenvalue weighted by Gasteiger charge is -2.31. The first-order valence-electron chi connectivity index (χ1n) is 10.6. The van der Waals surface area contributed by atoms with E-state index < -0.39 is 0 Å². The lowest BCUT2D eigenvalue weighted by molar-refractivity contribution is -0.126. The molecule has 0 saturated carbocycles. The largest absolute Gasteiger partial charge is 0.491 e. The van der Waals surface area contributed by atoms with Gasteiger partial charge in [0.15, 0.2) is 0 Å². The third-order valence-electron chi connectivity index (χ3n) is 5.76. The van der Waals surface area contributed by atoms with E-state index >= 15 is 0 Å². The number of amides is 1. The SMILES string of the molecule is O=C(NCCOc1cccc2ccccc12)C1CCN(Cc2ccc(Cl)c(Cl)c2)CC1. The Bertz CT molecular complexity index is 1040. The minimum atomic E-state index is 0.0580. The van der Waals surface area contributed by atoms with Crippen molar-refractivity contribution in [2.75, 3.05) is 26.2 Å². The average molecular weight is 457 g/mol. The first kappa shape index (κ1) is 21.9. The molecule has 1 aliphatic rings. The first-order valence-corrected chi connectivity index (χ1v) is 11.4. The molecule has 1 heterocycles. The molecule has 6 heteroatoms. The molecule has 31 heavy (non-hydrogen) atoms. The van der Waals surface area contributed by atoms with Crippen LogP contribution in [0.3, 0.4) is 0 Å². The number of nitrogens with zero attached hydrogens (tertiary/aromatic N) is 1. The highest BCUT2D eigenvalue weighted by molar-refractivity contribution is 6.42. The lowest BCUT2D eigenvalue weighted by Crippen LogP contribution is -2.41. The van der Waals surface area contributed by atoms with E-state index in [4.69, 9.17) is 27.9 Å². The molecule has 0 unspecified atom stereocenters. The van der Waals surface area contributed by atoms with Gasteiger partial charge in [0, 0.05) is 17.8 Å². The molecule has 1 fully saturated rings. The number of hydrogen-bond donors (Lipinski definition) is 1. The number of rotatable bonds is 7. The third kappa shape index (κ3) is 5.70. The van der Waals surface area contributed by atoms with Gasteiger partial charge in [0.1, 0.15) is 12.4 Å². The van der Waals surface area contributed by atoms with Crippen LogP contribution in [0.15, 0.2) is 60.7 Å². The fourth-order valence-corrected chi connectivity index (χ4v) is 4.37. The standard InChI is InChI=1S/C25H26Cl2N2O2/c26-22-9-8-18(16-23(22)27)17-29-13-10-20(11-14-29)25(30)28-12-15-31-24-7-3-5-19-4-1-2-6-21(19)24/h1-9,16,20H,10-15,17H2,(H,28,30). The number of carbonyl (C=O) groups excluding carboxylic acids is 1. The molecule has 1 saturated heterocycles. The van der Waals surface area contributed by atoms with Crippen molar-refractivity contribution < 1.29 is 9.53 Å². The van der Waals surface area contributed by atoms with Crippen LogP contribution in [0.5, 0.6) is 5.75 Å². The van der Waals surface area contributed by atoms with Gasteiger partial charge in [-0.05, 0) is 55.1 Å². The third-order valence-corrected chi connectivity index (χ3v) is 6.50. The Balaban J connectivity index is 1.19. The van der Waals surface area contributed by atoms with Crippen LogP contribution in [-0.4, -0.2) is 37.0 Å². The fraction of sp³-hybridized carbons (Fsp3) is 0.320. The van der Waals surface area contributed by atoms with Crippen molar-refractivity contribution in [2.45, 2.75) is 19.4 Å². The number of likely N-dealkylation sites (tertiary alicyclic amines) is 1. The summed E-state index contributed by atoms with van der Waals surface area (Å²) in [6.07, 6.45) is 1.72. The van der Waals surface area contributed by atoms with Crippen LogP contribution in [0.1, 0.15) is 18.4 Å². The maximum absolute atomic E-state index is 12.6. The van der Waals surface area contributed by atoms with Crippen molar-refractivity contribution in [1.29, 1.82) is 0 Å². The van der Waals surface area contributed by atoms with E-state index in [0.717, 1.165) is 54.6 Å². The number of halogens is 2. The Kier molecular flexibility index (Phi) is 7.33. The van der Waals surface area contributed by atoms with E-state index in [1.54, 1.807) is 0 Å². The molecule has 1 amide bonds. The van der Waals surface area contributed by atoms with Gasteiger partial charge in [-0.15, -0.1) is 0 Å². The summed E-state index contributed by atoms with van der Waals surface area (Å²) in [5, 5.41) is 6.43. The molecule has 0 radical (unpaired) electrons. The summed E-state index contributed by atoms with van der Waals surface area (Å²) < 4.78 is 5.92. The van der Waals surface area contributed by atoms with Crippen molar-refractivity contribution in [2.24, 2.45) is 5.92 Å². The Morgan fingerprint density at radius 2 is 1.77 bits per heavy atom. The van der Waals surface area contributed by atoms with Crippen LogP contribution in [0.25, 0.3) is 10.8 Å². The van der Waals surface area contributed by atoms with Crippen molar-refractivity contribution in [3.63, 3.8) is 0 Å². The summed E-state index contributed by atoms with van der Waals surface area (Å²) in [5.41, 5.74) is 1.14. The molecule has 162 valence electrons. The monoisotopic (exact) mass is 456 g/mol. The van der Waals surface area contributed by atoms with Gasteiger partial charge in [-0.3, -0.25) is 9.69 Å². The Labute approximate surface area is 193 Å². The lowest BCUT2D eigenvalue weighted by atomic mass is 9.95. The molecule has 4 nitrogen and oxygen atoms in total. The number of fused-ring (bicyclic) bond motifs is 1. The van der Waals surface area contributed by atoms with E-state index in [9.17, 15) is 4.79 Å². The zero-order chi connectivity index (χ0) is 21.6. The summed E-state index contributed by atoms with van der Waals surface area (Å²) in [5.74, 6) is 1.03. The van der Waals surface area contributed by atoms with E-state index in [2.05, 4.69) is 28.4 Å². The molecule has 0 spiro atoms. The maximum atomic E-state index is 12.6. The average Bonchev–Trinajstić information content (AvgIpc) is 2.79. The number of nitrogens with one attached hydrogen (secondary N) is 1. The topological polar surface area (TPSA) is 41.6 Å². The second-order valence-corrected chi connectivity index (χ2v) is 8.73. The van der Waals surface area contributed by atoms with Gasteiger partial charge in [0.25, 0.3) is 0 Å². The minimum Gasteiger partial charge on any atom is -0.491 e. The van der Waals surface area contributed by atoms with Gasteiger partial charge in [-0.1, -0.05) is 65.7 Å². The molecular formula is C25H26Cl2N2O2. The highest BCUT2D eigenvalue weighted by Crippen LogP contribution is 2.26. The Morgan fingerprint density at radius 1 is 1.00 bits per heavy atom. The number of piperidine rings is 1. The molecule has 3 aromatic carbocycles. The molecule has 0 aliphatic carbocycles. The van der Waals surface area contributed by atoms with Gasteiger partial charge in [0.2, 0.25) is 5.91 Å². The Morgan fingerprint density at radius 3 is 2.58 bits per heavy atom. The van der Waals surface area contributed by atoms with Crippen molar-refractivity contribution in [3.8, 4) is 5.75 Å². The van der Waals surface area contributed by atoms with Gasteiger partial charge < -0.3 is 10.1 Å². The highest BCUT2D eigenvalue weighted by atomic mass is 35.5. The fourth-order valence-electron chi connectivity index (χ4n) is 4.05. The van der Waals surface area contributed by atoms with Crippen LogP contribution < -0.4 is 10.1 Å². The van der Waals surface area contributed by atoms with Crippen molar-refractivity contribution >= 4 is 39.9 Å². The predicted molar refractivity (Wildman–Crippen MR) is 127 cm³/mol. The molecule has 3 aromatic rings. The number of carbonyl (C=O) groups is 1. The van der Waals surface area contributed by atoms with Crippen LogP contribution in [0, 0.1) is 5.92 Å². The van der Waals surface area contributed by atoms with Gasteiger partial charge in [0.05, 0.1) is 16.6 Å². The first-order chi connectivity index (χ1) is 15.1. The smallest absolute Gasteiger partial charge is 0.223 e. The molecule has 0 bridgehead atoms. The zero-order valence-electron chi connectivity index (χ0n) is 17.3. The molecule has 4 rings (SSSR count). The van der Waals surface area contributed by atoms with Crippen molar-refractivity contribution in [1.82, 2.24) is 10.2 Å². The summed E-state index contributed by atoms with van der Waals surface area (Å²) in [7, 11) is 0. The molecule has 1 N–H and O–H groups in total. The number of hydrogen-bond acceptors (Lipinski definition) is 3. The summed E-state index contributed by atoms with van der Waals surface area (Å²) >= 11 is 12.1. The summed E-state index contributed by atoms with van der Waals surface area (Å²) in [6.45, 7) is 3.57. The minimum absolute atomic E-state index is 0.0580. The second-order valence-electron chi connectivity index (χ2n) is 7.92. The van der Waals surface area contributed by atoms with E-state index in [1.165, 1.54) is 0 Å². The van der Waals surface area contributed by atoms with Crippen LogP contribution in [-0.2, 0) is 11.3 Å². The molecular weight excluding hydrogens is 431 g/mol.